The standard InChI is InChI=1S/C21H25N3OS/c1-14(2)19-20(26-18-11-15(3)10-16(4)12-18)24(21(23-19)25-5)13-17-6-8-22-9-7-17/h6-12,14H,13H2,1-5H3. The molecule has 5 heteroatoms. The van der Waals surface area contributed by atoms with E-state index >= 15 is 0 Å². The lowest BCUT2D eigenvalue weighted by Crippen LogP contribution is -2.04. The normalized spacial score (nSPS) is 11.2. The van der Waals surface area contributed by atoms with Crippen LogP contribution in [-0.4, -0.2) is 21.6 Å². The largest absolute Gasteiger partial charge is 0.468 e. The number of nitrogens with zero attached hydrogens (tertiary/aromatic N) is 3. The number of aryl methyl sites for hydroxylation is 2. The van der Waals surface area contributed by atoms with Gasteiger partial charge in [0.1, 0.15) is 5.03 Å². The Hall–Kier alpha value is -2.27. The monoisotopic (exact) mass is 367 g/mol. The molecule has 0 spiro atoms. The van der Waals surface area contributed by atoms with Gasteiger partial charge in [-0.2, -0.15) is 4.98 Å². The highest BCUT2D eigenvalue weighted by Gasteiger charge is 2.21. The number of aromatic nitrogens is 3. The van der Waals surface area contributed by atoms with Crippen LogP contribution in [0.3, 0.4) is 0 Å². The highest BCUT2D eigenvalue weighted by molar-refractivity contribution is 7.99. The van der Waals surface area contributed by atoms with Crippen molar-refractivity contribution in [3.05, 3.63) is 65.1 Å². The first-order valence-corrected chi connectivity index (χ1v) is 9.59. The zero-order valence-electron chi connectivity index (χ0n) is 16.0. The second kappa shape index (κ2) is 7.96. The van der Waals surface area contributed by atoms with Crippen LogP contribution in [0.2, 0.25) is 0 Å². The number of methoxy groups -OCH3 is 1. The molecule has 2 heterocycles. The average molecular weight is 368 g/mol. The quantitative estimate of drug-likeness (QED) is 0.598. The third kappa shape index (κ3) is 4.10. The lowest BCUT2D eigenvalue weighted by atomic mass is 10.1. The van der Waals surface area contributed by atoms with Crippen molar-refractivity contribution in [2.75, 3.05) is 7.11 Å². The van der Waals surface area contributed by atoms with Gasteiger partial charge in [-0.3, -0.25) is 9.55 Å². The summed E-state index contributed by atoms with van der Waals surface area (Å²) in [5, 5.41) is 1.14. The predicted molar refractivity (Wildman–Crippen MR) is 106 cm³/mol. The summed E-state index contributed by atoms with van der Waals surface area (Å²) in [6, 6.07) is 11.3. The fraction of sp³-hybridized carbons (Fsp3) is 0.333. The molecule has 3 rings (SSSR count). The summed E-state index contributed by atoms with van der Waals surface area (Å²) in [6.07, 6.45) is 3.64. The molecule has 0 unspecified atom stereocenters. The summed E-state index contributed by atoms with van der Waals surface area (Å²) in [4.78, 5) is 10.1. The maximum atomic E-state index is 5.60. The van der Waals surface area contributed by atoms with Gasteiger partial charge in [0.25, 0.3) is 6.01 Å². The Kier molecular flexibility index (Phi) is 5.67. The molecular formula is C21H25N3OS. The molecule has 0 aliphatic heterocycles. The van der Waals surface area contributed by atoms with Crippen molar-refractivity contribution in [2.45, 2.75) is 50.1 Å². The Labute approximate surface area is 159 Å². The number of ether oxygens (including phenoxy) is 1. The topological polar surface area (TPSA) is 39.9 Å². The third-order valence-electron chi connectivity index (χ3n) is 4.14. The van der Waals surface area contributed by atoms with Crippen LogP contribution in [0.15, 0.2) is 52.6 Å². The molecule has 0 aliphatic rings. The van der Waals surface area contributed by atoms with Crippen molar-refractivity contribution >= 4 is 11.8 Å². The van der Waals surface area contributed by atoms with Gasteiger partial charge in [0, 0.05) is 17.3 Å². The number of benzene rings is 1. The fourth-order valence-corrected chi connectivity index (χ4v) is 4.34. The van der Waals surface area contributed by atoms with Gasteiger partial charge < -0.3 is 4.74 Å². The molecule has 0 saturated carbocycles. The minimum absolute atomic E-state index is 0.316. The van der Waals surface area contributed by atoms with Crippen LogP contribution in [0.4, 0.5) is 0 Å². The van der Waals surface area contributed by atoms with Crippen molar-refractivity contribution in [3.63, 3.8) is 0 Å². The van der Waals surface area contributed by atoms with Gasteiger partial charge >= 0.3 is 0 Å². The number of imidazole rings is 1. The molecule has 0 bridgehead atoms. The van der Waals surface area contributed by atoms with Gasteiger partial charge in [0.2, 0.25) is 0 Å². The summed E-state index contributed by atoms with van der Waals surface area (Å²) < 4.78 is 7.76. The lowest BCUT2D eigenvalue weighted by molar-refractivity contribution is 0.356. The van der Waals surface area contributed by atoms with Crippen LogP contribution in [0.25, 0.3) is 0 Å². The fourth-order valence-electron chi connectivity index (χ4n) is 2.99. The van der Waals surface area contributed by atoms with Gasteiger partial charge in [-0.25, -0.2) is 0 Å². The van der Waals surface area contributed by atoms with E-state index in [4.69, 9.17) is 9.72 Å². The highest BCUT2D eigenvalue weighted by Crippen LogP contribution is 2.37. The molecule has 136 valence electrons. The lowest BCUT2D eigenvalue weighted by Gasteiger charge is -2.13. The average Bonchev–Trinajstić information content (AvgIpc) is 2.93. The van der Waals surface area contributed by atoms with Crippen LogP contribution in [0, 0.1) is 13.8 Å². The zero-order valence-corrected chi connectivity index (χ0v) is 16.8. The van der Waals surface area contributed by atoms with E-state index in [1.807, 2.05) is 24.5 Å². The Morgan fingerprint density at radius 2 is 1.73 bits per heavy atom. The van der Waals surface area contributed by atoms with Crippen molar-refractivity contribution < 1.29 is 4.74 Å². The second-order valence-electron chi connectivity index (χ2n) is 6.81. The van der Waals surface area contributed by atoms with Crippen molar-refractivity contribution in [3.8, 4) is 6.01 Å². The minimum Gasteiger partial charge on any atom is -0.468 e. The van der Waals surface area contributed by atoms with E-state index < -0.39 is 0 Å². The summed E-state index contributed by atoms with van der Waals surface area (Å²) in [7, 11) is 1.68. The molecule has 1 aromatic carbocycles. The molecule has 4 nitrogen and oxygen atoms in total. The molecule has 0 atom stereocenters. The summed E-state index contributed by atoms with van der Waals surface area (Å²) in [6.45, 7) is 9.32. The van der Waals surface area contributed by atoms with E-state index in [1.54, 1.807) is 18.9 Å². The van der Waals surface area contributed by atoms with Crippen LogP contribution >= 0.6 is 11.8 Å². The molecule has 0 aliphatic carbocycles. The molecule has 0 radical (unpaired) electrons. The third-order valence-corrected chi connectivity index (χ3v) is 5.23. The molecule has 3 aromatic rings. The summed E-state index contributed by atoms with van der Waals surface area (Å²) in [5.41, 5.74) is 4.78. The number of hydrogen-bond acceptors (Lipinski definition) is 4. The molecule has 0 saturated heterocycles. The maximum absolute atomic E-state index is 5.60. The Morgan fingerprint density at radius 3 is 2.31 bits per heavy atom. The van der Waals surface area contributed by atoms with Gasteiger partial charge in [0.05, 0.1) is 19.3 Å². The summed E-state index contributed by atoms with van der Waals surface area (Å²) in [5.74, 6) is 0.316. The van der Waals surface area contributed by atoms with E-state index in [1.165, 1.54) is 21.6 Å². The minimum atomic E-state index is 0.316. The Bertz CT molecular complexity index is 868. The second-order valence-corrected chi connectivity index (χ2v) is 7.87. The highest BCUT2D eigenvalue weighted by atomic mass is 32.2. The smallest absolute Gasteiger partial charge is 0.297 e. The first-order valence-electron chi connectivity index (χ1n) is 8.77. The van der Waals surface area contributed by atoms with E-state index in [0.29, 0.717) is 18.5 Å². The Balaban J connectivity index is 2.07. The molecule has 0 fully saturated rings. The van der Waals surface area contributed by atoms with Gasteiger partial charge in [0.15, 0.2) is 0 Å². The molecule has 0 N–H and O–H groups in total. The van der Waals surface area contributed by atoms with Crippen LogP contribution in [-0.2, 0) is 6.54 Å². The van der Waals surface area contributed by atoms with E-state index in [2.05, 4.69) is 55.4 Å². The SMILES string of the molecule is COc1nc(C(C)C)c(Sc2cc(C)cc(C)c2)n1Cc1ccncc1. The zero-order chi connectivity index (χ0) is 18.7. The number of pyridine rings is 1. The van der Waals surface area contributed by atoms with E-state index in [9.17, 15) is 0 Å². The van der Waals surface area contributed by atoms with Crippen LogP contribution in [0.1, 0.15) is 42.1 Å². The molecule has 0 amide bonds. The molecule has 26 heavy (non-hydrogen) atoms. The van der Waals surface area contributed by atoms with Gasteiger partial charge in [-0.15, -0.1) is 0 Å². The molecule has 2 aromatic heterocycles. The van der Waals surface area contributed by atoms with Crippen LogP contribution in [0.5, 0.6) is 6.01 Å². The van der Waals surface area contributed by atoms with Gasteiger partial charge in [-0.05, 0) is 60.7 Å². The van der Waals surface area contributed by atoms with Crippen molar-refractivity contribution in [2.24, 2.45) is 0 Å². The number of hydrogen-bond donors (Lipinski definition) is 0. The van der Waals surface area contributed by atoms with Gasteiger partial charge in [-0.1, -0.05) is 31.7 Å². The van der Waals surface area contributed by atoms with E-state index in [-0.39, 0.29) is 0 Å². The maximum Gasteiger partial charge on any atom is 0.297 e. The molecular weight excluding hydrogens is 342 g/mol. The van der Waals surface area contributed by atoms with E-state index in [0.717, 1.165) is 10.7 Å². The number of rotatable bonds is 6. The first-order chi connectivity index (χ1) is 12.5. The van der Waals surface area contributed by atoms with Crippen LogP contribution < -0.4 is 4.74 Å². The Morgan fingerprint density at radius 1 is 1.08 bits per heavy atom. The van der Waals surface area contributed by atoms with Crippen molar-refractivity contribution in [1.29, 1.82) is 0 Å². The first kappa shape index (κ1) is 18.5. The summed E-state index contributed by atoms with van der Waals surface area (Å²) >= 11 is 1.76. The van der Waals surface area contributed by atoms with Crippen molar-refractivity contribution in [1.82, 2.24) is 14.5 Å². The predicted octanol–water partition coefficient (Wildman–Crippen LogP) is 5.23.